The van der Waals surface area contributed by atoms with Crippen molar-refractivity contribution in [3.05, 3.63) is 54.7 Å². The minimum Gasteiger partial charge on any atom is -0.484 e. The van der Waals surface area contributed by atoms with Gasteiger partial charge in [-0.15, -0.1) is 0 Å². The number of hydrogen-bond donors (Lipinski definition) is 2. The molecule has 0 bridgehead atoms. The average Bonchev–Trinajstić information content (AvgIpc) is 2.42. The summed E-state index contributed by atoms with van der Waals surface area (Å²) in [6.07, 6.45) is 0. The molecule has 19 heavy (non-hydrogen) atoms. The summed E-state index contributed by atoms with van der Waals surface area (Å²) in [5, 5.41) is 2.23. The monoisotopic (exact) mass is 256 g/mol. The van der Waals surface area contributed by atoms with Crippen LogP contribution in [0.25, 0.3) is 10.8 Å². The van der Waals surface area contributed by atoms with Crippen molar-refractivity contribution in [1.29, 1.82) is 0 Å². The number of hydrogen-bond acceptors (Lipinski definition) is 3. The number of fused-ring (bicyclic) bond motifs is 1. The maximum absolute atomic E-state index is 11.4. The van der Waals surface area contributed by atoms with E-state index in [-0.39, 0.29) is 12.5 Å². The Bertz CT molecular complexity index is 608. The minimum atomic E-state index is -0.254. The van der Waals surface area contributed by atoms with E-state index in [0.29, 0.717) is 11.4 Å². The lowest BCUT2D eigenvalue weighted by Crippen LogP contribution is -2.38. The normalized spacial score (nSPS) is 9.95. The lowest BCUT2D eigenvalue weighted by Gasteiger charge is -2.09. The van der Waals surface area contributed by atoms with E-state index in [9.17, 15) is 4.79 Å². The summed E-state index contributed by atoms with van der Waals surface area (Å²) in [6, 6.07) is 13.7. The highest BCUT2D eigenvalue weighted by atomic mass is 16.5. The Morgan fingerprint density at radius 2 is 1.89 bits per heavy atom. The summed E-state index contributed by atoms with van der Waals surface area (Å²) >= 11 is 0. The molecular formula is C15H16N2O2. The fourth-order valence-electron chi connectivity index (χ4n) is 1.62. The van der Waals surface area contributed by atoms with Crippen LogP contribution >= 0.6 is 0 Å². The Hall–Kier alpha value is -2.49. The zero-order chi connectivity index (χ0) is 13.7. The molecule has 4 heteroatoms. The molecule has 0 aliphatic carbocycles. The third-order valence-corrected chi connectivity index (χ3v) is 2.51. The number of nitrogens with one attached hydrogen (secondary N) is 2. The van der Waals surface area contributed by atoms with Crippen molar-refractivity contribution in [2.24, 2.45) is 0 Å². The summed E-state index contributed by atoms with van der Waals surface area (Å²) in [7, 11) is 0. The van der Waals surface area contributed by atoms with Crippen LogP contribution in [0.1, 0.15) is 6.92 Å². The van der Waals surface area contributed by atoms with Crippen LogP contribution in [-0.2, 0) is 4.79 Å². The molecule has 2 aromatic rings. The van der Waals surface area contributed by atoms with Gasteiger partial charge in [0, 0.05) is 5.70 Å². The molecule has 0 atom stereocenters. The maximum atomic E-state index is 11.4. The van der Waals surface area contributed by atoms with Gasteiger partial charge in [-0.1, -0.05) is 36.9 Å². The van der Waals surface area contributed by atoms with Gasteiger partial charge in [-0.05, 0) is 29.8 Å². The summed E-state index contributed by atoms with van der Waals surface area (Å²) in [5.41, 5.74) is 5.78. The number of amides is 1. The van der Waals surface area contributed by atoms with Crippen molar-refractivity contribution in [3.8, 4) is 5.75 Å². The number of rotatable bonds is 5. The molecule has 0 saturated carbocycles. The van der Waals surface area contributed by atoms with Crippen molar-refractivity contribution < 1.29 is 9.53 Å². The van der Waals surface area contributed by atoms with Crippen LogP contribution < -0.4 is 15.6 Å². The molecule has 98 valence electrons. The first kappa shape index (κ1) is 13.0. The van der Waals surface area contributed by atoms with Gasteiger partial charge in [0.2, 0.25) is 0 Å². The second-order valence-electron chi connectivity index (χ2n) is 4.25. The zero-order valence-electron chi connectivity index (χ0n) is 10.8. The lowest BCUT2D eigenvalue weighted by atomic mass is 10.1. The second kappa shape index (κ2) is 5.91. The van der Waals surface area contributed by atoms with Crippen LogP contribution in [0.2, 0.25) is 0 Å². The Balaban J connectivity index is 1.94. The molecule has 2 rings (SSSR count). The van der Waals surface area contributed by atoms with Gasteiger partial charge >= 0.3 is 0 Å². The topological polar surface area (TPSA) is 50.4 Å². The van der Waals surface area contributed by atoms with E-state index in [0.717, 1.165) is 10.8 Å². The fourth-order valence-corrected chi connectivity index (χ4v) is 1.62. The van der Waals surface area contributed by atoms with Crippen LogP contribution in [0.3, 0.4) is 0 Å². The van der Waals surface area contributed by atoms with Gasteiger partial charge in [0.15, 0.2) is 6.61 Å². The Kier molecular flexibility index (Phi) is 4.03. The van der Waals surface area contributed by atoms with Gasteiger partial charge < -0.3 is 10.2 Å². The average molecular weight is 256 g/mol. The Morgan fingerprint density at radius 1 is 1.16 bits per heavy atom. The molecule has 2 aromatic carbocycles. The predicted octanol–water partition coefficient (Wildman–Crippen LogP) is 2.37. The lowest BCUT2D eigenvalue weighted by molar-refractivity contribution is -0.123. The van der Waals surface area contributed by atoms with E-state index in [1.54, 1.807) is 6.92 Å². The number of carbonyl (C=O) groups is 1. The number of hydrazine groups is 1. The summed E-state index contributed by atoms with van der Waals surface area (Å²) in [4.78, 5) is 11.4. The van der Waals surface area contributed by atoms with Gasteiger partial charge in [0.05, 0.1) is 0 Å². The quantitative estimate of drug-likeness (QED) is 0.807. The minimum absolute atomic E-state index is 0.0430. The SMILES string of the molecule is C=C(C)NNC(=O)COc1ccc2ccccc2c1. The third-order valence-electron chi connectivity index (χ3n) is 2.51. The largest absolute Gasteiger partial charge is 0.484 e. The van der Waals surface area contributed by atoms with Crippen molar-refractivity contribution in [2.75, 3.05) is 6.61 Å². The fraction of sp³-hybridized carbons (Fsp3) is 0.133. The van der Waals surface area contributed by atoms with Crippen molar-refractivity contribution in [3.63, 3.8) is 0 Å². The molecule has 0 spiro atoms. The third kappa shape index (κ3) is 3.74. The molecule has 1 amide bonds. The van der Waals surface area contributed by atoms with Crippen molar-refractivity contribution in [2.45, 2.75) is 6.92 Å². The first-order valence-corrected chi connectivity index (χ1v) is 5.97. The highest BCUT2D eigenvalue weighted by Gasteiger charge is 2.02. The van der Waals surface area contributed by atoms with Crippen molar-refractivity contribution in [1.82, 2.24) is 10.9 Å². The first-order valence-electron chi connectivity index (χ1n) is 5.97. The molecule has 4 nitrogen and oxygen atoms in total. The second-order valence-corrected chi connectivity index (χ2v) is 4.25. The standard InChI is InChI=1S/C15H16N2O2/c1-11(2)16-17-15(18)10-19-14-8-7-12-5-3-4-6-13(12)9-14/h3-9,16H,1,10H2,2H3,(H,17,18). The Morgan fingerprint density at radius 3 is 2.63 bits per heavy atom. The van der Waals surface area contributed by atoms with E-state index in [1.807, 2.05) is 42.5 Å². The van der Waals surface area contributed by atoms with Gasteiger partial charge in [-0.2, -0.15) is 0 Å². The van der Waals surface area contributed by atoms with E-state index in [4.69, 9.17) is 4.74 Å². The molecule has 0 radical (unpaired) electrons. The highest BCUT2D eigenvalue weighted by Crippen LogP contribution is 2.20. The first-order chi connectivity index (χ1) is 9.15. The smallest absolute Gasteiger partial charge is 0.276 e. The number of allylic oxidation sites excluding steroid dienone is 1. The number of ether oxygens (including phenoxy) is 1. The highest BCUT2D eigenvalue weighted by molar-refractivity contribution is 5.84. The van der Waals surface area contributed by atoms with Crippen LogP contribution in [0.15, 0.2) is 54.7 Å². The summed E-state index contributed by atoms with van der Waals surface area (Å²) in [6.45, 7) is 5.32. The van der Waals surface area contributed by atoms with Gasteiger partial charge in [-0.25, -0.2) is 0 Å². The van der Waals surface area contributed by atoms with Crippen LogP contribution in [0, 0.1) is 0 Å². The summed E-state index contributed by atoms with van der Waals surface area (Å²) in [5.74, 6) is 0.417. The van der Waals surface area contributed by atoms with Crippen LogP contribution in [0.5, 0.6) is 5.75 Å². The molecule has 0 saturated heterocycles. The molecule has 0 aliphatic rings. The van der Waals surface area contributed by atoms with Crippen LogP contribution in [0.4, 0.5) is 0 Å². The number of carbonyl (C=O) groups excluding carboxylic acids is 1. The Labute approximate surface area is 112 Å². The van der Waals surface area contributed by atoms with E-state index < -0.39 is 0 Å². The van der Waals surface area contributed by atoms with Crippen LogP contribution in [-0.4, -0.2) is 12.5 Å². The maximum Gasteiger partial charge on any atom is 0.276 e. The zero-order valence-corrected chi connectivity index (χ0v) is 10.8. The molecule has 0 fully saturated rings. The predicted molar refractivity (Wildman–Crippen MR) is 75.5 cm³/mol. The van der Waals surface area contributed by atoms with Gasteiger partial charge in [-0.3, -0.25) is 10.2 Å². The molecule has 0 aromatic heterocycles. The summed E-state index contributed by atoms with van der Waals surface area (Å²) < 4.78 is 5.43. The molecule has 0 unspecified atom stereocenters. The van der Waals surface area contributed by atoms with E-state index in [1.165, 1.54) is 0 Å². The van der Waals surface area contributed by atoms with Gasteiger partial charge in [0.1, 0.15) is 5.75 Å². The van der Waals surface area contributed by atoms with Crippen molar-refractivity contribution >= 4 is 16.7 Å². The molecule has 0 aliphatic heterocycles. The van der Waals surface area contributed by atoms with Gasteiger partial charge in [0.25, 0.3) is 5.91 Å². The molecule has 0 heterocycles. The molecule has 2 N–H and O–H groups in total. The molecular weight excluding hydrogens is 240 g/mol. The van der Waals surface area contributed by atoms with E-state index >= 15 is 0 Å². The number of benzene rings is 2. The van der Waals surface area contributed by atoms with E-state index in [2.05, 4.69) is 17.4 Å².